The van der Waals surface area contributed by atoms with Crippen molar-refractivity contribution in [3.63, 3.8) is 0 Å². The van der Waals surface area contributed by atoms with Crippen LogP contribution in [0.25, 0.3) is 28.0 Å². The van der Waals surface area contributed by atoms with Gasteiger partial charge in [0.25, 0.3) is 5.56 Å². The average Bonchev–Trinajstić information content (AvgIpc) is 3.05. The molecule has 1 saturated heterocycles. The molecule has 4 heterocycles. The van der Waals surface area contributed by atoms with Crippen LogP contribution in [-0.2, 0) is 4.79 Å². The molecule has 0 aliphatic carbocycles. The molecule has 0 saturated carbocycles. The summed E-state index contributed by atoms with van der Waals surface area (Å²) in [5, 5.41) is 4.07. The maximum atomic E-state index is 15.2. The summed E-state index contributed by atoms with van der Waals surface area (Å²) in [4.78, 5) is 45.6. The third-order valence-corrected chi connectivity index (χ3v) is 8.75. The minimum atomic E-state index is -0.497. The highest BCUT2D eigenvalue weighted by Crippen LogP contribution is 2.38. The van der Waals surface area contributed by atoms with Gasteiger partial charge in [0.15, 0.2) is 0 Å². The maximum absolute atomic E-state index is 15.2. The fourth-order valence-corrected chi connectivity index (χ4v) is 6.29. The zero-order valence-corrected chi connectivity index (χ0v) is 29.9. The molecular formula is C38H43ClFN7O2. The number of rotatable bonds is 8. The molecule has 0 bridgehead atoms. The molecule has 3 aromatic heterocycles. The van der Waals surface area contributed by atoms with Gasteiger partial charge in [-0.3, -0.25) is 14.2 Å². The van der Waals surface area contributed by atoms with Gasteiger partial charge < -0.3 is 15.1 Å². The van der Waals surface area contributed by atoms with Crippen LogP contribution in [0, 0.1) is 18.2 Å². The number of fused-ring (bicyclic) bond motifs is 1. The van der Waals surface area contributed by atoms with E-state index >= 15 is 4.39 Å². The summed E-state index contributed by atoms with van der Waals surface area (Å²) in [6, 6.07) is 7.94. The Morgan fingerprint density at radius 1 is 1.06 bits per heavy atom. The van der Waals surface area contributed by atoms with Gasteiger partial charge in [-0.25, -0.2) is 19.3 Å². The number of carbonyl (C=O) groups is 1. The van der Waals surface area contributed by atoms with E-state index in [4.69, 9.17) is 23.0 Å². The average molecular weight is 684 g/mol. The van der Waals surface area contributed by atoms with Crippen molar-refractivity contribution in [2.24, 2.45) is 0 Å². The molecule has 0 atom stereocenters. The second-order valence-corrected chi connectivity index (χ2v) is 14.2. The number of anilines is 1. The number of pyridine rings is 2. The van der Waals surface area contributed by atoms with E-state index in [1.54, 1.807) is 35.2 Å². The topological polar surface area (TPSA) is 96.2 Å². The zero-order chi connectivity index (χ0) is 35.6. The van der Waals surface area contributed by atoms with Gasteiger partial charge in [0.2, 0.25) is 5.91 Å². The third-order valence-electron chi connectivity index (χ3n) is 8.46. The van der Waals surface area contributed by atoms with Crippen LogP contribution >= 0.6 is 11.6 Å². The van der Waals surface area contributed by atoms with Gasteiger partial charge in [-0.2, -0.15) is 0 Å². The summed E-state index contributed by atoms with van der Waals surface area (Å²) < 4.78 is 16.7. The fourth-order valence-electron chi connectivity index (χ4n) is 6.04. The Balaban J connectivity index is 1.70. The van der Waals surface area contributed by atoms with E-state index in [9.17, 15) is 9.59 Å². The summed E-state index contributed by atoms with van der Waals surface area (Å²) in [6.07, 6.45) is 11.1. The summed E-state index contributed by atoms with van der Waals surface area (Å²) in [7, 11) is 0. The number of piperazine rings is 1. The van der Waals surface area contributed by atoms with Crippen LogP contribution in [-0.4, -0.2) is 68.6 Å². The Morgan fingerprint density at radius 2 is 1.69 bits per heavy atom. The predicted octanol–water partition coefficient (Wildman–Crippen LogP) is 6.46. The second kappa shape index (κ2) is 14.5. The van der Waals surface area contributed by atoms with E-state index in [1.165, 1.54) is 17.0 Å². The van der Waals surface area contributed by atoms with Crippen LogP contribution in [0.15, 0.2) is 53.6 Å². The van der Waals surface area contributed by atoms with Gasteiger partial charge in [0.1, 0.15) is 23.4 Å². The van der Waals surface area contributed by atoms with Crippen LogP contribution in [0.1, 0.15) is 77.3 Å². The first-order chi connectivity index (χ1) is 23.2. The molecule has 11 heteroatoms. The molecule has 1 aromatic carbocycles. The molecule has 9 nitrogen and oxygen atoms in total. The number of amides is 1. The molecule has 4 aromatic rings. The number of aromatic nitrogens is 4. The summed E-state index contributed by atoms with van der Waals surface area (Å²) in [5.41, 5.74) is 2.56. The minimum absolute atomic E-state index is 0.0568. The fraction of sp³-hybridized carbons (Fsp3) is 0.395. The quantitative estimate of drug-likeness (QED) is 0.168. The zero-order valence-electron chi connectivity index (χ0n) is 29.1. The van der Waals surface area contributed by atoms with E-state index < -0.39 is 11.4 Å². The lowest BCUT2D eigenvalue weighted by molar-refractivity contribution is -0.126. The highest BCUT2D eigenvalue weighted by molar-refractivity contribution is 6.34. The molecule has 256 valence electrons. The highest BCUT2D eigenvalue weighted by Gasteiger charge is 2.30. The number of terminal acetylenes is 1. The molecule has 0 unspecified atom stereocenters. The van der Waals surface area contributed by atoms with Crippen molar-refractivity contribution in [3.8, 4) is 29.3 Å². The first-order valence-electron chi connectivity index (χ1n) is 16.5. The van der Waals surface area contributed by atoms with Crippen molar-refractivity contribution in [1.29, 1.82) is 0 Å². The van der Waals surface area contributed by atoms with E-state index in [2.05, 4.69) is 42.0 Å². The molecule has 1 aliphatic heterocycles. The number of nitrogens with zero attached hydrogens (tertiary/aromatic N) is 6. The van der Waals surface area contributed by atoms with Crippen molar-refractivity contribution >= 4 is 34.2 Å². The largest absolute Gasteiger partial charge is 0.366 e. The van der Waals surface area contributed by atoms with E-state index in [0.717, 1.165) is 0 Å². The van der Waals surface area contributed by atoms with Crippen molar-refractivity contribution in [1.82, 2.24) is 29.7 Å². The number of halogens is 2. The lowest BCUT2D eigenvalue weighted by atomic mass is 10.00. The lowest BCUT2D eigenvalue weighted by Gasteiger charge is -2.37. The van der Waals surface area contributed by atoms with Gasteiger partial charge >= 0.3 is 0 Å². The van der Waals surface area contributed by atoms with Crippen LogP contribution in [0.2, 0.25) is 5.02 Å². The van der Waals surface area contributed by atoms with Gasteiger partial charge in [0, 0.05) is 55.3 Å². The van der Waals surface area contributed by atoms with Crippen LogP contribution in [0.5, 0.6) is 0 Å². The van der Waals surface area contributed by atoms with Gasteiger partial charge in [-0.1, -0.05) is 63.4 Å². The third kappa shape index (κ3) is 7.38. The smallest absolute Gasteiger partial charge is 0.274 e. The summed E-state index contributed by atoms with van der Waals surface area (Å²) in [5.74, 6) is 1.94. The summed E-state index contributed by atoms with van der Waals surface area (Å²) in [6.45, 7) is 16.4. The Labute approximate surface area is 292 Å². The van der Waals surface area contributed by atoms with Gasteiger partial charge in [-0.15, -0.1) is 6.42 Å². The molecule has 1 aliphatic rings. The molecule has 5 rings (SSSR count). The molecule has 0 radical (unpaired) electrons. The maximum Gasteiger partial charge on any atom is 0.274 e. The van der Waals surface area contributed by atoms with Crippen molar-refractivity contribution in [3.05, 3.63) is 87.0 Å². The molecule has 0 spiro atoms. The molecule has 1 fully saturated rings. The second-order valence-electron chi connectivity index (χ2n) is 13.8. The standard InChI is InChI=1S/C38H43ClFN7O2/c1-9-25-34(46-19-17-45(18-20-46)30(48)15-12-16-43-38(6,7)8)27-21-28(39)33(26-13-10-11-14-29(26)40)44-36(27)47(37(25)49)35-31(23(2)3)41-22-42-32(35)24(4)5/h1,10-15,21-24,43H,16-20H2,2-8H3/b15-12+. The molecule has 49 heavy (non-hydrogen) atoms. The number of nitrogens with one attached hydrogen (secondary N) is 1. The summed E-state index contributed by atoms with van der Waals surface area (Å²) >= 11 is 6.89. The van der Waals surface area contributed by atoms with Crippen molar-refractivity contribution in [2.75, 3.05) is 37.6 Å². The Bertz CT molecular complexity index is 1990. The van der Waals surface area contributed by atoms with Gasteiger partial charge in [-0.05, 0) is 50.8 Å². The minimum Gasteiger partial charge on any atom is -0.366 e. The van der Waals surface area contributed by atoms with E-state index in [0.29, 0.717) is 60.9 Å². The van der Waals surface area contributed by atoms with Crippen LogP contribution < -0.4 is 15.8 Å². The Hall–Kier alpha value is -4.59. The van der Waals surface area contributed by atoms with Crippen molar-refractivity contribution < 1.29 is 9.18 Å². The number of carbonyl (C=O) groups excluding carboxylic acids is 1. The van der Waals surface area contributed by atoms with Crippen LogP contribution in [0.4, 0.5) is 10.1 Å². The SMILES string of the molecule is C#Cc1c(N2CCN(C(=O)/C=C/CNC(C)(C)C)CC2)c2cc(Cl)c(-c3ccccc3F)nc2n(-c2c(C(C)C)ncnc2C(C)C)c1=O. The van der Waals surface area contributed by atoms with Gasteiger partial charge in [0.05, 0.1) is 33.5 Å². The monoisotopic (exact) mass is 683 g/mol. The normalized spacial score (nSPS) is 14.0. The molecule has 1 N–H and O–H groups in total. The van der Waals surface area contributed by atoms with E-state index in [-0.39, 0.29) is 50.8 Å². The van der Waals surface area contributed by atoms with E-state index in [1.807, 2.05) is 38.7 Å². The lowest BCUT2D eigenvalue weighted by Crippen LogP contribution is -2.49. The molecular weight excluding hydrogens is 641 g/mol. The highest BCUT2D eigenvalue weighted by atomic mass is 35.5. The number of hydrogen-bond donors (Lipinski definition) is 1. The number of hydrogen-bond acceptors (Lipinski definition) is 7. The first-order valence-corrected chi connectivity index (χ1v) is 16.9. The Kier molecular flexibility index (Phi) is 10.6. The first kappa shape index (κ1) is 35.7. The van der Waals surface area contributed by atoms with Crippen molar-refractivity contribution in [2.45, 2.75) is 65.8 Å². The predicted molar refractivity (Wildman–Crippen MR) is 195 cm³/mol. The molecule has 1 amide bonds. The van der Waals surface area contributed by atoms with Crippen LogP contribution in [0.3, 0.4) is 0 Å². The Morgan fingerprint density at radius 3 is 2.27 bits per heavy atom. The number of benzene rings is 1.